The Balaban J connectivity index is 1.80. The van der Waals surface area contributed by atoms with Gasteiger partial charge in [-0.1, -0.05) is 24.3 Å². The van der Waals surface area contributed by atoms with E-state index in [0.29, 0.717) is 12.1 Å². The van der Waals surface area contributed by atoms with Crippen LogP contribution in [-0.4, -0.2) is 18.1 Å². The van der Waals surface area contributed by atoms with E-state index >= 15 is 0 Å². The maximum absolute atomic E-state index is 11.6. The Morgan fingerprint density at radius 3 is 2.83 bits per heavy atom. The van der Waals surface area contributed by atoms with Crippen LogP contribution < -0.4 is 5.32 Å². The van der Waals surface area contributed by atoms with Gasteiger partial charge in [0.1, 0.15) is 0 Å². The van der Waals surface area contributed by atoms with Gasteiger partial charge in [-0.2, -0.15) is 0 Å². The number of aryl methyl sites for hydroxylation is 1. The number of esters is 1. The average molecular weight is 306 g/mol. The Bertz CT molecular complexity index is 859. The second-order valence-corrected chi connectivity index (χ2v) is 5.41. The van der Waals surface area contributed by atoms with Crippen LogP contribution in [0.25, 0.3) is 10.9 Å². The summed E-state index contributed by atoms with van der Waals surface area (Å²) in [4.78, 5) is 16.1. The summed E-state index contributed by atoms with van der Waals surface area (Å²) in [5.74, 6) is -0.333. The topological polar surface area (TPSA) is 51.2 Å². The molecule has 4 nitrogen and oxygen atoms in total. The number of ether oxygens (including phenoxy) is 1. The number of carbonyl (C=O) groups excluding carboxylic acids is 1. The highest BCUT2D eigenvalue weighted by molar-refractivity contribution is 5.90. The summed E-state index contributed by atoms with van der Waals surface area (Å²) >= 11 is 0. The number of nitrogens with one attached hydrogen (secondary N) is 1. The minimum atomic E-state index is -0.333. The van der Waals surface area contributed by atoms with Crippen molar-refractivity contribution in [2.75, 3.05) is 12.4 Å². The van der Waals surface area contributed by atoms with Gasteiger partial charge >= 0.3 is 5.97 Å². The molecule has 23 heavy (non-hydrogen) atoms. The van der Waals surface area contributed by atoms with E-state index in [-0.39, 0.29) is 5.97 Å². The molecule has 1 N–H and O–H groups in total. The Labute approximate surface area is 135 Å². The van der Waals surface area contributed by atoms with Gasteiger partial charge in [0.25, 0.3) is 0 Å². The number of nitrogens with zero attached hydrogens (tertiary/aromatic N) is 1. The third-order valence-corrected chi connectivity index (χ3v) is 3.79. The number of fused-ring (bicyclic) bond motifs is 1. The zero-order valence-corrected chi connectivity index (χ0v) is 13.2. The zero-order chi connectivity index (χ0) is 16.2. The first-order valence-electron chi connectivity index (χ1n) is 7.44. The van der Waals surface area contributed by atoms with Gasteiger partial charge < -0.3 is 10.1 Å². The molecule has 0 radical (unpaired) electrons. The number of anilines is 1. The quantitative estimate of drug-likeness (QED) is 0.742. The number of carbonyl (C=O) groups is 1. The Morgan fingerprint density at radius 2 is 2.00 bits per heavy atom. The van der Waals surface area contributed by atoms with Crippen molar-refractivity contribution >= 4 is 22.6 Å². The lowest BCUT2D eigenvalue weighted by Crippen LogP contribution is -2.05. The van der Waals surface area contributed by atoms with E-state index in [9.17, 15) is 4.79 Å². The second kappa shape index (κ2) is 6.48. The van der Waals surface area contributed by atoms with E-state index in [1.807, 2.05) is 43.5 Å². The minimum Gasteiger partial charge on any atom is -0.465 e. The molecule has 0 spiro atoms. The predicted octanol–water partition coefficient (Wildman–Crippen LogP) is 3.94. The maximum Gasteiger partial charge on any atom is 0.337 e. The Kier molecular flexibility index (Phi) is 4.24. The summed E-state index contributed by atoms with van der Waals surface area (Å²) in [7, 11) is 1.38. The van der Waals surface area contributed by atoms with Crippen molar-refractivity contribution in [3.8, 4) is 0 Å². The average Bonchev–Trinajstić information content (AvgIpc) is 2.60. The molecule has 0 fully saturated rings. The lowest BCUT2D eigenvalue weighted by molar-refractivity contribution is 0.0601. The van der Waals surface area contributed by atoms with Crippen molar-refractivity contribution in [2.24, 2.45) is 0 Å². The van der Waals surface area contributed by atoms with Crippen LogP contribution in [0.4, 0.5) is 5.69 Å². The normalized spacial score (nSPS) is 10.5. The summed E-state index contributed by atoms with van der Waals surface area (Å²) in [6.07, 6.45) is 1.87. The molecule has 1 aromatic heterocycles. The molecular formula is C19H18N2O2. The summed E-state index contributed by atoms with van der Waals surface area (Å²) in [5.41, 5.74) is 4.61. The number of hydrogen-bond acceptors (Lipinski definition) is 4. The van der Waals surface area contributed by atoms with E-state index < -0.39 is 0 Å². The van der Waals surface area contributed by atoms with E-state index in [4.69, 9.17) is 4.74 Å². The van der Waals surface area contributed by atoms with Gasteiger partial charge in [0, 0.05) is 23.8 Å². The molecule has 1 heterocycles. The number of rotatable bonds is 4. The van der Waals surface area contributed by atoms with Crippen LogP contribution in [-0.2, 0) is 11.3 Å². The Morgan fingerprint density at radius 1 is 1.17 bits per heavy atom. The minimum absolute atomic E-state index is 0.333. The van der Waals surface area contributed by atoms with Gasteiger partial charge in [-0.25, -0.2) is 4.79 Å². The van der Waals surface area contributed by atoms with Crippen LogP contribution in [0.2, 0.25) is 0 Å². The fourth-order valence-electron chi connectivity index (χ4n) is 2.47. The van der Waals surface area contributed by atoms with Gasteiger partial charge in [0.15, 0.2) is 0 Å². The first-order chi connectivity index (χ1) is 11.2. The lowest BCUT2D eigenvalue weighted by Gasteiger charge is -2.11. The summed E-state index contributed by atoms with van der Waals surface area (Å²) in [6.45, 7) is 2.64. The van der Waals surface area contributed by atoms with Crippen molar-refractivity contribution in [3.63, 3.8) is 0 Å². The summed E-state index contributed by atoms with van der Waals surface area (Å²) in [6, 6.07) is 15.6. The zero-order valence-electron chi connectivity index (χ0n) is 13.2. The first-order valence-corrected chi connectivity index (χ1v) is 7.44. The summed E-state index contributed by atoms with van der Waals surface area (Å²) < 4.78 is 4.77. The van der Waals surface area contributed by atoms with Gasteiger partial charge in [0.2, 0.25) is 0 Å². The van der Waals surface area contributed by atoms with Crippen LogP contribution in [0, 0.1) is 6.92 Å². The molecule has 0 aliphatic carbocycles. The second-order valence-electron chi connectivity index (χ2n) is 5.41. The molecule has 0 saturated heterocycles. The fraction of sp³-hybridized carbons (Fsp3) is 0.158. The van der Waals surface area contributed by atoms with Crippen molar-refractivity contribution in [3.05, 3.63) is 71.4 Å². The van der Waals surface area contributed by atoms with Crippen LogP contribution in [0.15, 0.2) is 54.7 Å². The molecule has 116 valence electrons. The van der Waals surface area contributed by atoms with Crippen LogP contribution in [0.3, 0.4) is 0 Å². The fourth-order valence-corrected chi connectivity index (χ4v) is 2.47. The number of hydrogen-bond donors (Lipinski definition) is 1. The molecule has 0 unspecified atom stereocenters. The summed E-state index contributed by atoms with van der Waals surface area (Å²) in [5, 5.41) is 4.48. The maximum atomic E-state index is 11.6. The molecule has 2 aromatic carbocycles. The highest BCUT2D eigenvalue weighted by atomic mass is 16.5. The largest absolute Gasteiger partial charge is 0.465 e. The van der Waals surface area contributed by atoms with Crippen molar-refractivity contribution in [2.45, 2.75) is 13.5 Å². The number of pyridine rings is 1. The SMILES string of the molecule is COC(=O)c1ccc(C)c(NCc2cnc3ccccc3c2)c1. The first kappa shape index (κ1) is 15.0. The molecule has 0 aliphatic heterocycles. The van der Waals surface area contributed by atoms with Crippen molar-refractivity contribution in [1.29, 1.82) is 0 Å². The number of aromatic nitrogens is 1. The number of para-hydroxylation sites is 1. The van der Waals surface area contributed by atoms with Gasteiger partial charge in [0.05, 0.1) is 18.2 Å². The van der Waals surface area contributed by atoms with Crippen LogP contribution in [0.5, 0.6) is 0 Å². The molecule has 3 aromatic rings. The van der Waals surface area contributed by atoms with Crippen LogP contribution in [0.1, 0.15) is 21.5 Å². The van der Waals surface area contributed by atoms with E-state index in [0.717, 1.165) is 27.7 Å². The van der Waals surface area contributed by atoms with E-state index in [1.165, 1.54) is 7.11 Å². The Hall–Kier alpha value is -2.88. The molecule has 0 amide bonds. The number of methoxy groups -OCH3 is 1. The highest BCUT2D eigenvalue weighted by Crippen LogP contribution is 2.19. The smallest absolute Gasteiger partial charge is 0.337 e. The lowest BCUT2D eigenvalue weighted by atomic mass is 10.1. The monoisotopic (exact) mass is 306 g/mol. The van der Waals surface area contributed by atoms with Crippen LogP contribution >= 0.6 is 0 Å². The van der Waals surface area contributed by atoms with Crippen molar-refractivity contribution in [1.82, 2.24) is 4.98 Å². The molecule has 0 aliphatic rings. The van der Waals surface area contributed by atoms with Crippen molar-refractivity contribution < 1.29 is 9.53 Å². The predicted molar refractivity (Wildman–Crippen MR) is 91.6 cm³/mol. The molecule has 3 rings (SSSR count). The molecule has 0 atom stereocenters. The molecule has 0 saturated carbocycles. The molecule has 0 bridgehead atoms. The molecule has 4 heteroatoms. The standard InChI is InChI=1S/C19H18N2O2/c1-13-7-8-16(19(22)23-2)10-18(13)21-12-14-9-15-5-3-4-6-17(15)20-11-14/h3-11,21H,12H2,1-2H3. The van der Waals surface area contributed by atoms with Gasteiger partial charge in [-0.05, 0) is 42.3 Å². The van der Waals surface area contributed by atoms with E-state index in [2.05, 4.69) is 22.4 Å². The third kappa shape index (κ3) is 3.31. The van der Waals surface area contributed by atoms with Gasteiger partial charge in [-0.3, -0.25) is 4.98 Å². The highest BCUT2D eigenvalue weighted by Gasteiger charge is 2.08. The number of benzene rings is 2. The molecular weight excluding hydrogens is 288 g/mol. The van der Waals surface area contributed by atoms with E-state index in [1.54, 1.807) is 6.07 Å². The third-order valence-electron chi connectivity index (χ3n) is 3.79. The van der Waals surface area contributed by atoms with Gasteiger partial charge in [-0.15, -0.1) is 0 Å².